The molecule has 0 atom stereocenters. The van der Waals surface area contributed by atoms with E-state index in [-0.39, 0.29) is 0 Å². The average Bonchev–Trinajstić information content (AvgIpc) is 3.20. The number of aldehydes is 1. The molecule has 2 aromatic heterocycles. The number of aromatic nitrogens is 2. The first-order chi connectivity index (χ1) is 13.0. The molecule has 0 aliphatic heterocycles. The van der Waals surface area contributed by atoms with Crippen LogP contribution in [0.15, 0.2) is 42.5 Å². The molecule has 0 fully saturated rings. The van der Waals surface area contributed by atoms with Crippen molar-refractivity contribution >= 4 is 22.6 Å². The first-order valence-corrected chi connectivity index (χ1v) is 9.99. The number of aryl methyl sites for hydroxylation is 4. The molecule has 0 saturated carbocycles. The van der Waals surface area contributed by atoms with Gasteiger partial charge in [0.25, 0.3) is 0 Å². The van der Waals surface area contributed by atoms with Crippen LogP contribution in [0.5, 0.6) is 0 Å². The summed E-state index contributed by atoms with van der Waals surface area (Å²) >= 11 is 1.67. The van der Waals surface area contributed by atoms with Crippen LogP contribution in [0.1, 0.15) is 39.0 Å². The number of carbonyl (C=O) groups is 1. The van der Waals surface area contributed by atoms with Gasteiger partial charge < -0.3 is 0 Å². The van der Waals surface area contributed by atoms with Crippen molar-refractivity contribution in [2.45, 2.75) is 34.1 Å². The highest BCUT2D eigenvalue weighted by molar-refractivity contribution is 7.17. The standard InChI is InChI=1S/C23H22N2OS/c1-5-20-22(18-11-8-15(3)16(4)12-18)25-19(13-26)21(24-23(25)27-20)17-9-6-14(2)7-10-17/h6-13H,5H2,1-4H3. The van der Waals surface area contributed by atoms with Gasteiger partial charge in [-0.25, -0.2) is 4.98 Å². The van der Waals surface area contributed by atoms with Gasteiger partial charge in [0.1, 0.15) is 11.4 Å². The van der Waals surface area contributed by atoms with Crippen molar-refractivity contribution < 1.29 is 4.79 Å². The van der Waals surface area contributed by atoms with Crippen LogP contribution < -0.4 is 0 Å². The van der Waals surface area contributed by atoms with Gasteiger partial charge in [0.05, 0.1) is 5.69 Å². The highest BCUT2D eigenvalue weighted by Gasteiger charge is 2.22. The molecule has 27 heavy (non-hydrogen) atoms. The Morgan fingerprint density at radius 2 is 1.70 bits per heavy atom. The lowest BCUT2D eigenvalue weighted by molar-refractivity contribution is 0.111. The third-order valence-corrected chi connectivity index (χ3v) is 6.31. The number of hydrogen-bond acceptors (Lipinski definition) is 3. The van der Waals surface area contributed by atoms with Crippen LogP contribution in [0.25, 0.3) is 27.5 Å². The largest absolute Gasteiger partial charge is 0.296 e. The van der Waals surface area contributed by atoms with Crippen LogP contribution >= 0.6 is 11.3 Å². The van der Waals surface area contributed by atoms with E-state index in [1.54, 1.807) is 11.3 Å². The van der Waals surface area contributed by atoms with Crippen molar-refractivity contribution in [1.82, 2.24) is 9.38 Å². The first kappa shape index (κ1) is 17.7. The quantitative estimate of drug-likeness (QED) is 0.409. The molecular weight excluding hydrogens is 352 g/mol. The van der Waals surface area contributed by atoms with Crippen LogP contribution in [0.4, 0.5) is 0 Å². The maximum atomic E-state index is 12.1. The van der Waals surface area contributed by atoms with E-state index in [2.05, 4.69) is 58.0 Å². The fraction of sp³-hybridized carbons (Fsp3) is 0.217. The molecule has 0 aliphatic carbocycles. The lowest BCUT2D eigenvalue weighted by atomic mass is 10.0. The monoisotopic (exact) mass is 374 g/mol. The number of benzene rings is 2. The molecule has 0 unspecified atom stereocenters. The Morgan fingerprint density at radius 3 is 2.33 bits per heavy atom. The molecule has 4 heteroatoms. The second kappa shape index (κ2) is 6.78. The van der Waals surface area contributed by atoms with Crippen molar-refractivity contribution in [2.75, 3.05) is 0 Å². The maximum Gasteiger partial charge on any atom is 0.195 e. The van der Waals surface area contributed by atoms with E-state index in [0.29, 0.717) is 5.69 Å². The van der Waals surface area contributed by atoms with Gasteiger partial charge >= 0.3 is 0 Å². The van der Waals surface area contributed by atoms with Gasteiger partial charge in [-0.1, -0.05) is 48.9 Å². The molecule has 0 N–H and O–H groups in total. The molecular formula is C23H22N2OS. The van der Waals surface area contributed by atoms with Crippen LogP contribution in [-0.4, -0.2) is 15.7 Å². The fourth-order valence-corrected chi connectivity index (χ4v) is 4.52. The van der Waals surface area contributed by atoms with Crippen LogP contribution in [-0.2, 0) is 6.42 Å². The molecule has 0 spiro atoms. The second-order valence-electron chi connectivity index (χ2n) is 6.97. The number of hydrogen-bond donors (Lipinski definition) is 0. The zero-order valence-electron chi connectivity index (χ0n) is 16.0. The van der Waals surface area contributed by atoms with Gasteiger partial charge in [-0.2, -0.15) is 0 Å². The normalized spacial score (nSPS) is 11.3. The summed E-state index contributed by atoms with van der Waals surface area (Å²) < 4.78 is 2.04. The summed E-state index contributed by atoms with van der Waals surface area (Å²) in [5, 5.41) is 0. The van der Waals surface area contributed by atoms with Crippen molar-refractivity contribution in [3.8, 4) is 22.5 Å². The minimum atomic E-state index is 0.623. The highest BCUT2D eigenvalue weighted by atomic mass is 32.1. The highest BCUT2D eigenvalue weighted by Crippen LogP contribution is 2.37. The number of imidazole rings is 1. The SMILES string of the molecule is CCc1sc2nc(-c3ccc(C)cc3)c(C=O)n2c1-c1ccc(C)c(C)c1. The topological polar surface area (TPSA) is 34.4 Å². The smallest absolute Gasteiger partial charge is 0.195 e. The molecule has 0 amide bonds. The summed E-state index contributed by atoms with van der Waals surface area (Å²) in [6.07, 6.45) is 1.85. The van der Waals surface area contributed by atoms with E-state index in [1.807, 2.05) is 16.5 Å². The van der Waals surface area contributed by atoms with Gasteiger partial charge in [-0.05, 0) is 49.9 Å². The number of fused-ring (bicyclic) bond motifs is 1. The first-order valence-electron chi connectivity index (χ1n) is 9.17. The van der Waals surface area contributed by atoms with Crippen molar-refractivity contribution in [2.24, 2.45) is 0 Å². The van der Waals surface area contributed by atoms with E-state index in [0.717, 1.165) is 40.2 Å². The Balaban J connectivity index is 2.01. The molecule has 4 rings (SSSR count). The molecule has 0 bridgehead atoms. The minimum Gasteiger partial charge on any atom is -0.296 e. The third kappa shape index (κ3) is 2.90. The molecule has 4 aromatic rings. The van der Waals surface area contributed by atoms with E-state index >= 15 is 0 Å². The van der Waals surface area contributed by atoms with Gasteiger partial charge in [-0.15, -0.1) is 11.3 Å². The van der Waals surface area contributed by atoms with E-state index in [1.165, 1.54) is 21.6 Å². The summed E-state index contributed by atoms with van der Waals surface area (Å²) in [7, 11) is 0. The Morgan fingerprint density at radius 1 is 1.00 bits per heavy atom. The van der Waals surface area contributed by atoms with Crippen LogP contribution in [0, 0.1) is 20.8 Å². The lowest BCUT2D eigenvalue weighted by Gasteiger charge is -2.08. The Kier molecular flexibility index (Phi) is 4.44. The number of thiazole rings is 1. The van der Waals surface area contributed by atoms with Crippen molar-refractivity contribution in [1.29, 1.82) is 0 Å². The molecule has 136 valence electrons. The molecule has 2 aromatic carbocycles. The predicted octanol–water partition coefficient (Wildman–Crippen LogP) is 6.03. The summed E-state index contributed by atoms with van der Waals surface area (Å²) in [6.45, 7) is 8.45. The summed E-state index contributed by atoms with van der Waals surface area (Å²) in [5.41, 5.74) is 8.29. The number of rotatable bonds is 4. The zero-order valence-corrected chi connectivity index (χ0v) is 16.9. The number of carbonyl (C=O) groups excluding carboxylic acids is 1. The van der Waals surface area contributed by atoms with Crippen LogP contribution in [0.3, 0.4) is 0 Å². The average molecular weight is 375 g/mol. The molecule has 2 heterocycles. The van der Waals surface area contributed by atoms with Gasteiger partial charge in [-0.3, -0.25) is 9.20 Å². The van der Waals surface area contributed by atoms with Crippen molar-refractivity contribution in [3.05, 3.63) is 69.7 Å². The van der Waals surface area contributed by atoms with Gasteiger partial charge in [0.15, 0.2) is 11.2 Å². The van der Waals surface area contributed by atoms with Gasteiger partial charge in [0.2, 0.25) is 0 Å². The number of nitrogens with zero attached hydrogens (tertiary/aromatic N) is 2. The third-order valence-electron chi connectivity index (χ3n) is 5.12. The summed E-state index contributed by atoms with van der Waals surface area (Å²) in [6, 6.07) is 14.7. The lowest BCUT2D eigenvalue weighted by Crippen LogP contribution is -1.97. The van der Waals surface area contributed by atoms with E-state index in [4.69, 9.17) is 4.98 Å². The van der Waals surface area contributed by atoms with Crippen LogP contribution in [0.2, 0.25) is 0 Å². The fourth-order valence-electron chi connectivity index (χ4n) is 3.43. The molecule has 3 nitrogen and oxygen atoms in total. The predicted molar refractivity (Wildman–Crippen MR) is 113 cm³/mol. The second-order valence-corrected chi connectivity index (χ2v) is 8.04. The summed E-state index contributed by atoms with van der Waals surface area (Å²) in [5.74, 6) is 0. The molecule has 0 aliphatic rings. The van der Waals surface area contributed by atoms with E-state index in [9.17, 15) is 4.79 Å². The Hall–Kier alpha value is -2.72. The minimum absolute atomic E-state index is 0.623. The van der Waals surface area contributed by atoms with Crippen molar-refractivity contribution in [3.63, 3.8) is 0 Å². The Labute approximate surface area is 163 Å². The zero-order chi connectivity index (χ0) is 19.1. The Bertz CT molecular complexity index is 1150. The maximum absolute atomic E-state index is 12.1. The molecule has 0 saturated heterocycles. The molecule has 0 radical (unpaired) electrons. The summed E-state index contributed by atoms with van der Waals surface area (Å²) in [4.78, 5) is 19.0. The van der Waals surface area contributed by atoms with E-state index < -0.39 is 0 Å². The van der Waals surface area contributed by atoms with Gasteiger partial charge in [0, 0.05) is 10.4 Å².